The summed E-state index contributed by atoms with van der Waals surface area (Å²) in [7, 11) is 0. The Hall–Kier alpha value is -1.76. The summed E-state index contributed by atoms with van der Waals surface area (Å²) in [5, 5.41) is 3.49. The maximum atomic E-state index is 3.49. The topological polar surface area (TPSA) is 12.0 Å². The van der Waals surface area contributed by atoms with Gasteiger partial charge in [-0.15, -0.1) is 0 Å². The zero-order valence-corrected chi connectivity index (χ0v) is 9.77. The monoisotopic (exact) mass is 211 g/mol. The predicted octanol–water partition coefficient (Wildman–Crippen LogP) is 4.17. The molecule has 1 nitrogen and oxygen atoms in total. The van der Waals surface area contributed by atoms with Crippen LogP contribution in [-0.4, -0.2) is 0 Å². The van der Waals surface area contributed by atoms with Crippen LogP contribution in [0, 0.1) is 6.92 Å². The van der Waals surface area contributed by atoms with Gasteiger partial charge < -0.3 is 5.32 Å². The van der Waals surface area contributed by atoms with E-state index in [-0.39, 0.29) is 0 Å². The lowest BCUT2D eigenvalue weighted by atomic mass is 10.1. The molecule has 1 N–H and O–H groups in total. The molecule has 0 aliphatic carbocycles. The molecule has 1 heteroatoms. The van der Waals surface area contributed by atoms with E-state index < -0.39 is 0 Å². The van der Waals surface area contributed by atoms with Crippen molar-refractivity contribution in [1.82, 2.24) is 0 Å². The summed E-state index contributed by atoms with van der Waals surface area (Å²) in [5.74, 6) is 0. The first-order valence-corrected chi connectivity index (χ1v) is 5.64. The maximum absolute atomic E-state index is 3.49. The fourth-order valence-corrected chi connectivity index (χ4v) is 1.72. The zero-order chi connectivity index (χ0) is 11.4. The van der Waals surface area contributed by atoms with Gasteiger partial charge in [0.1, 0.15) is 0 Å². The maximum Gasteiger partial charge on any atom is 0.0485 e. The van der Waals surface area contributed by atoms with Crippen molar-refractivity contribution in [1.29, 1.82) is 0 Å². The fourth-order valence-electron chi connectivity index (χ4n) is 1.72. The lowest BCUT2D eigenvalue weighted by Gasteiger charge is -2.15. The molecule has 16 heavy (non-hydrogen) atoms. The summed E-state index contributed by atoms with van der Waals surface area (Å²) >= 11 is 0. The van der Waals surface area contributed by atoms with Gasteiger partial charge in [-0.05, 0) is 31.5 Å². The molecule has 2 rings (SSSR count). The normalized spacial score (nSPS) is 12.1. The van der Waals surface area contributed by atoms with E-state index in [1.165, 1.54) is 16.8 Å². The zero-order valence-electron chi connectivity index (χ0n) is 9.77. The van der Waals surface area contributed by atoms with E-state index in [0.29, 0.717) is 6.04 Å². The summed E-state index contributed by atoms with van der Waals surface area (Å²) < 4.78 is 0. The molecule has 0 bridgehead atoms. The molecule has 1 atom stereocenters. The van der Waals surface area contributed by atoms with E-state index >= 15 is 0 Å². The first-order chi connectivity index (χ1) is 7.75. The van der Waals surface area contributed by atoms with Crippen molar-refractivity contribution >= 4 is 5.69 Å². The Morgan fingerprint density at radius 3 is 2.12 bits per heavy atom. The number of rotatable bonds is 3. The molecule has 0 fully saturated rings. The SMILES string of the molecule is Cc1ccc(N[C@@H](C)c2ccccc2)cc1. The molecule has 2 aromatic carbocycles. The summed E-state index contributed by atoms with van der Waals surface area (Å²) in [6.07, 6.45) is 0. The van der Waals surface area contributed by atoms with Gasteiger partial charge in [0.2, 0.25) is 0 Å². The summed E-state index contributed by atoms with van der Waals surface area (Å²) in [4.78, 5) is 0. The molecule has 0 radical (unpaired) electrons. The Morgan fingerprint density at radius 2 is 1.50 bits per heavy atom. The van der Waals surface area contributed by atoms with E-state index in [0.717, 1.165) is 0 Å². The molecule has 0 aliphatic heterocycles. The molecular weight excluding hydrogens is 194 g/mol. The third kappa shape index (κ3) is 2.63. The van der Waals surface area contributed by atoms with Crippen LogP contribution in [0.1, 0.15) is 24.1 Å². The number of hydrogen-bond acceptors (Lipinski definition) is 1. The second kappa shape index (κ2) is 4.84. The van der Waals surface area contributed by atoms with Gasteiger partial charge in [0.15, 0.2) is 0 Å². The highest BCUT2D eigenvalue weighted by atomic mass is 14.9. The smallest absolute Gasteiger partial charge is 0.0485 e. The first kappa shape index (κ1) is 10.7. The standard InChI is InChI=1S/C15H17N/c1-12-8-10-15(11-9-12)16-13(2)14-6-4-3-5-7-14/h3-11,13,16H,1-2H3/t13-/m0/s1. The highest BCUT2D eigenvalue weighted by Crippen LogP contribution is 2.18. The first-order valence-electron chi connectivity index (χ1n) is 5.64. The molecule has 0 spiro atoms. The van der Waals surface area contributed by atoms with Gasteiger partial charge in [-0.3, -0.25) is 0 Å². The van der Waals surface area contributed by atoms with Gasteiger partial charge in [-0.1, -0.05) is 48.0 Å². The average molecular weight is 211 g/mol. The van der Waals surface area contributed by atoms with E-state index in [9.17, 15) is 0 Å². The molecule has 2 aromatic rings. The van der Waals surface area contributed by atoms with E-state index in [2.05, 4.69) is 67.7 Å². The van der Waals surface area contributed by atoms with Crippen LogP contribution in [-0.2, 0) is 0 Å². The Balaban J connectivity index is 2.08. The lowest BCUT2D eigenvalue weighted by Crippen LogP contribution is -2.06. The second-order valence-electron chi connectivity index (χ2n) is 4.14. The minimum atomic E-state index is 0.337. The van der Waals surface area contributed by atoms with Crippen LogP contribution >= 0.6 is 0 Å². The average Bonchev–Trinajstić information content (AvgIpc) is 2.33. The van der Waals surface area contributed by atoms with Crippen LogP contribution in [0.5, 0.6) is 0 Å². The fraction of sp³-hybridized carbons (Fsp3) is 0.200. The Bertz CT molecular complexity index is 431. The summed E-state index contributed by atoms with van der Waals surface area (Å²) in [6.45, 7) is 4.28. The molecule has 82 valence electrons. The molecule has 0 heterocycles. The molecule has 0 amide bonds. The molecule has 0 aromatic heterocycles. The highest BCUT2D eigenvalue weighted by Gasteiger charge is 2.03. The van der Waals surface area contributed by atoms with Gasteiger partial charge in [0.25, 0.3) is 0 Å². The third-order valence-electron chi connectivity index (χ3n) is 2.73. The summed E-state index contributed by atoms with van der Waals surface area (Å²) in [6, 6.07) is 19.3. The minimum Gasteiger partial charge on any atom is -0.379 e. The molecule has 0 saturated heterocycles. The summed E-state index contributed by atoms with van der Waals surface area (Å²) in [5.41, 5.74) is 3.77. The van der Waals surface area contributed by atoms with Crippen LogP contribution in [0.15, 0.2) is 54.6 Å². The van der Waals surface area contributed by atoms with Crippen LogP contribution in [0.25, 0.3) is 0 Å². The van der Waals surface area contributed by atoms with Gasteiger partial charge in [-0.2, -0.15) is 0 Å². The molecular formula is C15H17N. The number of anilines is 1. The molecule has 0 saturated carbocycles. The number of hydrogen-bond donors (Lipinski definition) is 1. The minimum absolute atomic E-state index is 0.337. The Kier molecular flexibility index (Phi) is 3.25. The molecule has 0 aliphatic rings. The van der Waals surface area contributed by atoms with Gasteiger partial charge in [0.05, 0.1) is 0 Å². The van der Waals surface area contributed by atoms with Crippen LogP contribution in [0.2, 0.25) is 0 Å². The predicted molar refractivity (Wildman–Crippen MR) is 69.7 cm³/mol. The van der Waals surface area contributed by atoms with Gasteiger partial charge in [-0.25, -0.2) is 0 Å². The Morgan fingerprint density at radius 1 is 0.875 bits per heavy atom. The largest absolute Gasteiger partial charge is 0.379 e. The van der Waals surface area contributed by atoms with E-state index in [4.69, 9.17) is 0 Å². The van der Waals surface area contributed by atoms with Crippen molar-refractivity contribution in [2.75, 3.05) is 5.32 Å². The number of aryl methyl sites for hydroxylation is 1. The van der Waals surface area contributed by atoms with Crippen LogP contribution < -0.4 is 5.32 Å². The van der Waals surface area contributed by atoms with Gasteiger partial charge in [0, 0.05) is 11.7 Å². The Labute approximate surface area is 97.1 Å². The third-order valence-corrected chi connectivity index (χ3v) is 2.73. The van der Waals surface area contributed by atoms with Crippen molar-refractivity contribution < 1.29 is 0 Å². The van der Waals surface area contributed by atoms with Crippen LogP contribution in [0.3, 0.4) is 0 Å². The van der Waals surface area contributed by atoms with Crippen molar-refractivity contribution in [3.05, 3.63) is 65.7 Å². The van der Waals surface area contributed by atoms with Gasteiger partial charge >= 0.3 is 0 Å². The van der Waals surface area contributed by atoms with Crippen molar-refractivity contribution in [2.24, 2.45) is 0 Å². The number of nitrogens with one attached hydrogen (secondary N) is 1. The van der Waals surface area contributed by atoms with Crippen molar-refractivity contribution in [3.8, 4) is 0 Å². The van der Waals surface area contributed by atoms with Crippen molar-refractivity contribution in [2.45, 2.75) is 19.9 Å². The highest BCUT2D eigenvalue weighted by molar-refractivity contribution is 5.46. The quantitative estimate of drug-likeness (QED) is 0.803. The number of benzene rings is 2. The lowest BCUT2D eigenvalue weighted by molar-refractivity contribution is 0.885. The van der Waals surface area contributed by atoms with E-state index in [1.807, 2.05) is 6.07 Å². The van der Waals surface area contributed by atoms with Crippen LogP contribution in [0.4, 0.5) is 5.69 Å². The van der Waals surface area contributed by atoms with Crippen molar-refractivity contribution in [3.63, 3.8) is 0 Å². The molecule has 0 unspecified atom stereocenters. The second-order valence-corrected chi connectivity index (χ2v) is 4.14. The van der Waals surface area contributed by atoms with E-state index in [1.54, 1.807) is 0 Å².